The van der Waals surface area contributed by atoms with Crippen molar-refractivity contribution in [2.24, 2.45) is 13.0 Å². The molecule has 1 heterocycles. The van der Waals surface area contributed by atoms with E-state index in [0.717, 1.165) is 29.4 Å². The molecule has 0 fully saturated rings. The highest BCUT2D eigenvalue weighted by molar-refractivity contribution is 6.31. The monoisotopic (exact) mass is 254 g/mol. The van der Waals surface area contributed by atoms with Crippen LogP contribution in [0, 0.1) is 17.2 Å². The minimum Gasteiger partial charge on any atom is -0.299 e. The molecular weight excluding hydrogens is 236 g/mol. The topological polar surface area (TPSA) is 44.9 Å². The summed E-state index contributed by atoms with van der Waals surface area (Å²) in [6, 6.07) is 2.23. The highest BCUT2D eigenvalue weighted by Gasteiger charge is 2.15. The second-order valence-electron chi connectivity index (χ2n) is 4.41. The molecule has 1 unspecified atom stereocenters. The predicted octanol–water partition coefficient (Wildman–Crippen LogP) is 2.23. The third-order valence-corrected chi connectivity index (χ3v) is 3.16. The third kappa shape index (κ3) is 3.45. The van der Waals surface area contributed by atoms with Gasteiger partial charge in [0.15, 0.2) is 0 Å². The summed E-state index contributed by atoms with van der Waals surface area (Å²) >= 11 is 6.27. The summed E-state index contributed by atoms with van der Waals surface area (Å²) in [5.41, 5.74) is 1.95. The molecule has 1 aromatic rings. The van der Waals surface area contributed by atoms with Crippen molar-refractivity contribution in [2.75, 3.05) is 13.6 Å². The Balaban J connectivity index is 2.75. The number of hydrogen-bond donors (Lipinski definition) is 0. The van der Waals surface area contributed by atoms with E-state index >= 15 is 0 Å². The van der Waals surface area contributed by atoms with Crippen molar-refractivity contribution in [2.45, 2.75) is 26.8 Å². The molecule has 0 spiro atoms. The molecule has 17 heavy (non-hydrogen) atoms. The van der Waals surface area contributed by atoms with Crippen molar-refractivity contribution in [1.82, 2.24) is 14.7 Å². The first kappa shape index (κ1) is 14.0. The Bertz CT molecular complexity index is 419. The van der Waals surface area contributed by atoms with Gasteiger partial charge in [0.1, 0.15) is 0 Å². The van der Waals surface area contributed by atoms with Crippen molar-refractivity contribution in [3.05, 3.63) is 16.4 Å². The van der Waals surface area contributed by atoms with Crippen LogP contribution in [0.25, 0.3) is 0 Å². The summed E-state index contributed by atoms with van der Waals surface area (Å²) in [5, 5.41) is 13.9. The molecule has 0 saturated heterocycles. The standard InChI is InChI=1S/C12H19ClN4/c1-5-10-12(13)11(17(4)15-10)8-16(3)7-9(2)6-14/h9H,5,7-8H2,1-4H3. The van der Waals surface area contributed by atoms with Crippen molar-refractivity contribution in [1.29, 1.82) is 5.26 Å². The van der Waals surface area contributed by atoms with E-state index < -0.39 is 0 Å². The quantitative estimate of drug-likeness (QED) is 0.810. The van der Waals surface area contributed by atoms with E-state index in [9.17, 15) is 0 Å². The van der Waals surface area contributed by atoms with Crippen LogP contribution in [-0.2, 0) is 20.0 Å². The molecule has 0 amide bonds. The Hall–Kier alpha value is -1.05. The molecule has 0 aliphatic rings. The van der Waals surface area contributed by atoms with Gasteiger partial charge in [0.2, 0.25) is 0 Å². The SMILES string of the molecule is CCc1nn(C)c(CN(C)CC(C)C#N)c1Cl. The third-order valence-electron chi connectivity index (χ3n) is 2.73. The van der Waals surface area contributed by atoms with Crippen molar-refractivity contribution < 1.29 is 0 Å². The van der Waals surface area contributed by atoms with Crippen LogP contribution >= 0.6 is 11.6 Å². The first-order chi connectivity index (χ1) is 7.99. The summed E-state index contributed by atoms with van der Waals surface area (Å²) in [6.07, 6.45) is 0.838. The van der Waals surface area contributed by atoms with Crippen LogP contribution in [0.3, 0.4) is 0 Å². The predicted molar refractivity (Wildman–Crippen MR) is 68.7 cm³/mol. The minimum atomic E-state index is 0.0256. The summed E-state index contributed by atoms with van der Waals surface area (Å²) in [6.45, 7) is 5.41. The van der Waals surface area contributed by atoms with Gasteiger partial charge in [-0.3, -0.25) is 9.58 Å². The second kappa shape index (κ2) is 6.04. The van der Waals surface area contributed by atoms with Gasteiger partial charge in [0.05, 0.1) is 28.4 Å². The zero-order valence-corrected chi connectivity index (χ0v) is 11.6. The normalized spacial score (nSPS) is 12.8. The van der Waals surface area contributed by atoms with Gasteiger partial charge in [-0.25, -0.2) is 0 Å². The van der Waals surface area contributed by atoms with Crippen molar-refractivity contribution in [3.63, 3.8) is 0 Å². The van der Waals surface area contributed by atoms with Crippen LogP contribution < -0.4 is 0 Å². The van der Waals surface area contributed by atoms with Gasteiger partial charge in [0.25, 0.3) is 0 Å². The number of nitrogens with zero attached hydrogens (tertiary/aromatic N) is 4. The van der Waals surface area contributed by atoms with Gasteiger partial charge in [-0.05, 0) is 20.4 Å². The molecule has 94 valence electrons. The lowest BCUT2D eigenvalue weighted by molar-refractivity contribution is 0.295. The number of rotatable bonds is 5. The molecule has 0 aromatic carbocycles. The maximum atomic E-state index is 8.78. The largest absolute Gasteiger partial charge is 0.299 e. The van der Waals surface area contributed by atoms with Crippen LogP contribution in [0.15, 0.2) is 0 Å². The van der Waals surface area contributed by atoms with Gasteiger partial charge in [0, 0.05) is 20.1 Å². The number of halogens is 1. The number of hydrogen-bond acceptors (Lipinski definition) is 3. The van der Waals surface area contributed by atoms with Gasteiger partial charge < -0.3 is 0 Å². The van der Waals surface area contributed by atoms with E-state index in [1.165, 1.54) is 0 Å². The summed E-state index contributed by atoms with van der Waals surface area (Å²) in [5.74, 6) is 0.0256. The van der Waals surface area contributed by atoms with Gasteiger partial charge in [-0.1, -0.05) is 18.5 Å². The Kier molecular flexibility index (Phi) is 4.98. The van der Waals surface area contributed by atoms with Gasteiger partial charge >= 0.3 is 0 Å². The second-order valence-corrected chi connectivity index (χ2v) is 4.79. The van der Waals surface area contributed by atoms with Crippen LogP contribution in [0.1, 0.15) is 25.2 Å². The Labute approximate surface area is 108 Å². The number of aryl methyl sites for hydroxylation is 2. The molecule has 0 radical (unpaired) electrons. The van der Waals surface area contributed by atoms with Crippen LogP contribution in [0.4, 0.5) is 0 Å². The highest BCUT2D eigenvalue weighted by Crippen LogP contribution is 2.22. The molecular formula is C12H19ClN4. The molecule has 1 aromatic heterocycles. The van der Waals surface area contributed by atoms with Crippen LogP contribution in [0.2, 0.25) is 5.02 Å². The fourth-order valence-electron chi connectivity index (χ4n) is 1.82. The van der Waals surface area contributed by atoms with Crippen molar-refractivity contribution in [3.8, 4) is 6.07 Å². The first-order valence-corrected chi connectivity index (χ1v) is 6.15. The average Bonchev–Trinajstić information content (AvgIpc) is 2.56. The zero-order valence-electron chi connectivity index (χ0n) is 10.9. The number of aromatic nitrogens is 2. The van der Waals surface area contributed by atoms with E-state index in [1.807, 2.05) is 32.6 Å². The molecule has 0 aliphatic carbocycles. The summed E-state index contributed by atoms with van der Waals surface area (Å²) in [4.78, 5) is 2.09. The molecule has 0 N–H and O–H groups in total. The molecule has 5 heteroatoms. The minimum absolute atomic E-state index is 0.0256. The Morgan fingerprint density at radius 2 is 2.24 bits per heavy atom. The van der Waals surface area contributed by atoms with E-state index in [4.69, 9.17) is 16.9 Å². The maximum absolute atomic E-state index is 8.78. The lowest BCUT2D eigenvalue weighted by atomic mass is 10.2. The molecule has 0 saturated carbocycles. The van der Waals surface area contributed by atoms with Gasteiger partial charge in [-0.2, -0.15) is 10.4 Å². The van der Waals surface area contributed by atoms with E-state index in [2.05, 4.69) is 16.1 Å². The smallest absolute Gasteiger partial charge is 0.0863 e. The Morgan fingerprint density at radius 3 is 2.71 bits per heavy atom. The lowest BCUT2D eigenvalue weighted by Crippen LogP contribution is -2.24. The maximum Gasteiger partial charge on any atom is 0.0863 e. The highest BCUT2D eigenvalue weighted by atomic mass is 35.5. The molecule has 4 nitrogen and oxygen atoms in total. The number of nitriles is 1. The van der Waals surface area contributed by atoms with Crippen LogP contribution in [-0.4, -0.2) is 28.3 Å². The summed E-state index contributed by atoms with van der Waals surface area (Å²) < 4.78 is 1.83. The van der Waals surface area contributed by atoms with E-state index in [0.29, 0.717) is 6.54 Å². The Morgan fingerprint density at radius 1 is 1.59 bits per heavy atom. The van der Waals surface area contributed by atoms with E-state index in [1.54, 1.807) is 0 Å². The van der Waals surface area contributed by atoms with Crippen molar-refractivity contribution >= 4 is 11.6 Å². The fraction of sp³-hybridized carbons (Fsp3) is 0.667. The average molecular weight is 255 g/mol. The lowest BCUT2D eigenvalue weighted by Gasteiger charge is -2.17. The molecule has 0 bridgehead atoms. The fourth-order valence-corrected chi connectivity index (χ4v) is 2.17. The van der Waals surface area contributed by atoms with Gasteiger partial charge in [-0.15, -0.1) is 0 Å². The van der Waals surface area contributed by atoms with Crippen LogP contribution in [0.5, 0.6) is 0 Å². The first-order valence-electron chi connectivity index (χ1n) is 5.78. The summed E-state index contributed by atoms with van der Waals surface area (Å²) in [7, 11) is 3.89. The molecule has 1 rings (SSSR count). The molecule has 1 atom stereocenters. The zero-order chi connectivity index (χ0) is 13.0. The molecule has 0 aliphatic heterocycles. The van der Waals surface area contributed by atoms with E-state index in [-0.39, 0.29) is 5.92 Å².